The third-order valence-electron chi connectivity index (χ3n) is 2.53. The van der Waals surface area contributed by atoms with E-state index in [-0.39, 0.29) is 11.9 Å². The largest absolute Gasteiger partial charge is 0.457 e. The zero-order chi connectivity index (χ0) is 10.6. The monoisotopic (exact) mass is 199 g/mol. The van der Waals surface area contributed by atoms with Crippen molar-refractivity contribution in [2.45, 2.75) is 45.1 Å². The summed E-state index contributed by atoms with van der Waals surface area (Å²) in [7, 11) is 0. The minimum absolute atomic E-state index is 0.0802. The minimum Gasteiger partial charge on any atom is -0.457 e. The van der Waals surface area contributed by atoms with Gasteiger partial charge in [-0.15, -0.1) is 0 Å². The Morgan fingerprint density at radius 1 is 1.29 bits per heavy atom. The summed E-state index contributed by atoms with van der Waals surface area (Å²) in [4.78, 5) is 21.7. The first-order chi connectivity index (χ1) is 6.54. The van der Waals surface area contributed by atoms with Gasteiger partial charge in [-0.3, -0.25) is 9.59 Å². The lowest BCUT2D eigenvalue weighted by molar-refractivity contribution is -0.156. The van der Waals surface area contributed by atoms with Crippen LogP contribution in [0, 0.1) is 0 Å². The fraction of sp³-hybridized carbons (Fsp3) is 0.800. The summed E-state index contributed by atoms with van der Waals surface area (Å²) < 4.78 is 5.30. The van der Waals surface area contributed by atoms with E-state index in [0.29, 0.717) is 6.54 Å². The van der Waals surface area contributed by atoms with Crippen molar-refractivity contribution in [3.8, 4) is 0 Å². The molecular formula is C10H17NO3. The number of hydrogen-bond donors (Lipinski definition) is 1. The molecule has 0 heterocycles. The molecule has 1 aliphatic rings. The van der Waals surface area contributed by atoms with E-state index in [0.717, 1.165) is 25.7 Å². The lowest BCUT2D eigenvalue weighted by Gasteiger charge is -2.28. The highest BCUT2D eigenvalue weighted by Gasteiger charge is 2.36. The highest BCUT2D eigenvalue weighted by Crippen LogP contribution is 2.32. The summed E-state index contributed by atoms with van der Waals surface area (Å²) in [5.74, 6) is -0.347. The Morgan fingerprint density at radius 3 is 2.29 bits per heavy atom. The average Bonchev–Trinajstić information content (AvgIpc) is 2.49. The summed E-state index contributed by atoms with van der Waals surface area (Å²) in [6.45, 7) is 3.33. The summed E-state index contributed by atoms with van der Waals surface area (Å²) >= 11 is 0. The van der Waals surface area contributed by atoms with E-state index in [1.165, 1.54) is 13.8 Å². The molecule has 0 aromatic heterocycles. The Hall–Kier alpha value is -1.06. The standard InChI is InChI=1S/C10H17NO3/c1-8(12)11-7-10(14-9(2)13)5-3-4-6-10/h3-7H2,1-2H3,(H,11,12). The van der Waals surface area contributed by atoms with Crippen molar-refractivity contribution in [3.63, 3.8) is 0 Å². The van der Waals surface area contributed by atoms with Crippen LogP contribution in [0.3, 0.4) is 0 Å². The molecule has 0 unspecified atom stereocenters. The van der Waals surface area contributed by atoms with Gasteiger partial charge in [0.05, 0.1) is 6.54 Å². The van der Waals surface area contributed by atoms with Gasteiger partial charge in [0.25, 0.3) is 0 Å². The Labute approximate surface area is 84.0 Å². The highest BCUT2D eigenvalue weighted by molar-refractivity contribution is 5.73. The molecule has 1 amide bonds. The Bertz CT molecular complexity index is 232. The number of carbonyl (C=O) groups excluding carboxylic acids is 2. The fourth-order valence-electron chi connectivity index (χ4n) is 1.92. The van der Waals surface area contributed by atoms with Crippen LogP contribution in [0.15, 0.2) is 0 Å². The van der Waals surface area contributed by atoms with Gasteiger partial charge in [0.15, 0.2) is 0 Å². The maximum atomic E-state index is 10.9. The SMILES string of the molecule is CC(=O)NCC1(OC(C)=O)CCCC1. The van der Waals surface area contributed by atoms with Gasteiger partial charge >= 0.3 is 5.97 Å². The van der Waals surface area contributed by atoms with Crippen molar-refractivity contribution < 1.29 is 14.3 Å². The van der Waals surface area contributed by atoms with Crippen molar-refractivity contribution in [1.29, 1.82) is 0 Å². The van der Waals surface area contributed by atoms with Gasteiger partial charge < -0.3 is 10.1 Å². The molecule has 80 valence electrons. The Morgan fingerprint density at radius 2 is 1.86 bits per heavy atom. The van der Waals surface area contributed by atoms with Crippen LogP contribution in [0.1, 0.15) is 39.5 Å². The van der Waals surface area contributed by atoms with Gasteiger partial charge in [-0.1, -0.05) is 0 Å². The molecule has 0 radical (unpaired) electrons. The predicted molar refractivity (Wildman–Crippen MR) is 51.6 cm³/mol. The maximum absolute atomic E-state index is 10.9. The third kappa shape index (κ3) is 3.01. The smallest absolute Gasteiger partial charge is 0.303 e. The van der Waals surface area contributed by atoms with E-state index in [4.69, 9.17) is 4.74 Å². The van der Waals surface area contributed by atoms with E-state index < -0.39 is 5.60 Å². The van der Waals surface area contributed by atoms with Crippen LogP contribution in [-0.4, -0.2) is 24.0 Å². The molecule has 1 saturated carbocycles. The van der Waals surface area contributed by atoms with Gasteiger partial charge in [0, 0.05) is 13.8 Å². The molecule has 0 aromatic rings. The molecule has 1 fully saturated rings. The average molecular weight is 199 g/mol. The molecule has 14 heavy (non-hydrogen) atoms. The van der Waals surface area contributed by atoms with Gasteiger partial charge in [-0.25, -0.2) is 0 Å². The van der Waals surface area contributed by atoms with Crippen LogP contribution in [0.2, 0.25) is 0 Å². The summed E-state index contributed by atoms with van der Waals surface area (Å²) in [6.07, 6.45) is 3.83. The Kier molecular flexibility index (Phi) is 3.49. The summed E-state index contributed by atoms with van der Waals surface area (Å²) in [6, 6.07) is 0. The second-order valence-electron chi connectivity index (χ2n) is 3.89. The van der Waals surface area contributed by atoms with Crippen LogP contribution in [0.5, 0.6) is 0 Å². The first-order valence-corrected chi connectivity index (χ1v) is 4.98. The van der Waals surface area contributed by atoms with Crippen molar-refractivity contribution in [1.82, 2.24) is 5.32 Å². The van der Waals surface area contributed by atoms with Crippen molar-refractivity contribution in [2.75, 3.05) is 6.54 Å². The summed E-state index contributed by atoms with van der Waals surface area (Å²) in [5.41, 5.74) is -0.433. The molecule has 0 atom stereocenters. The van der Waals surface area contributed by atoms with Crippen LogP contribution < -0.4 is 5.32 Å². The van der Waals surface area contributed by atoms with Crippen molar-refractivity contribution in [2.24, 2.45) is 0 Å². The van der Waals surface area contributed by atoms with Gasteiger partial charge in [0.1, 0.15) is 5.60 Å². The van der Waals surface area contributed by atoms with E-state index >= 15 is 0 Å². The van der Waals surface area contributed by atoms with Crippen molar-refractivity contribution in [3.05, 3.63) is 0 Å². The number of amides is 1. The van der Waals surface area contributed by atoms with E-state index in [1.807, 2.05) is 0 Å². The second-order valence-corrected chi connectivity index (χ2v) is 3.89. The van der Waals surface area contributed by atoms with Crippen LogP contribution >= 0.6 is 0 Å². The number of carbonyl (C=O) groups is 2. The molecule has 0 spiro atoms. The second kappa shape index (κ2) is 4.44. The zero-order valence-corrected chi connectivity index (χ0v) is 8.76. The minimum atomic E-state index is -0.433. The van der Waals surface area contributed by atoms with E-state index in [1.54, 1.807) is 0 Å². The van der Waals surface area contributed by atoms with Crippen LogP contribution in [0.4, 0.5) is 0 Å². The number of rotatable bonds is 3. The highest BCUT2D eigenvalue weighted by atomic mass is 16.6. The third-order valence-corrected chi connectivity index (χ3v) is 2.53. The molecular weight excluding hydrogens is 182 g/mol. The molecule has 4 heteroatoms. The number of hydrogen-bond acceptors (Lipinski definition) is 3. The molecule has 0 aliphatic heterocycles. The first-order valence-electron chi connectivity index (χ1n) is 4.98. The van der Waals surface area contributed by atoms with Crippen LogP contribution in [0.25, 0.3) is 0 Å². The Balaban J connectivity index is 2.52. The zero-order valence-electron chi connectivity index (χ0n) is 8.76. The predicted octanol–water partition coefficient (Wildman–Crippen LogP) is 0.998. The molecule has 0 saturated heterocycles. The maximum Gasteiger partial charge on any atom is 0.303 e. The first kappa shape index (κ1) is 11.0. The molecule has 1 N–H and O–H groups in total. The van der Waals surface area contributed by atoms with E-state index in [2.05, 4.69) is 5.32 Å². The lowest BCUT2D eigenvalue weighted by Crippen LogP contribution is -2.43. The quantitative estimate of drug-likeness (QED) is 0.690. The normalized spacial score (nSPS) is 19.0. The van der Waals surface area contributed by atoms with Gasteiger partial charge in [0.2, 0.25) is 5.91 Å². The van der Waals surface area contributed by atoms with E-state index in [9.17, 15) is 9.59 Å². The van der Waals surface area contributed by atoms with Gasteiger partial charge in [-0.05, 0) is 25.7 Å². The molecule has 1 aliphatic carbocycles. The number of nitrogens with one attached hydrogen (secondary N) is 1. The molecule has 4 nitrogen and oxygen atoms in total. The number of ether oxygens (including phenoxy) is 1. The van der Waals surface area contributed by atoms with Crippen molar-refractivity contribution >= 4 is 11.9 Å². The fourth-order valence-corrected chi connectivity index (χ4v) is 1.92. The molecule has 1 rings (SSSR count). The molecule has 0 bridgehead atoms. The lowest BCUT2D eigenvalue weighted by atomic mass is 10.0. The summed E-state index contributed by atoms with van der Waals surface area (Å²) in [5, 5.41) is 2.72. The topological polar surface area (TPSA) is 55.4 Å². The number of esters is 1. The van der Waals surface area contributed by atoms with Crippen LogP contribution in [-0.2, 0) is 14.3 Å². The molecule has 0 aromatic carbocycles. The van der Waals surface area contributed by atoms with Gasteiger partial charge in [-0.2, -0.15) is 0 Å².